The van der Waals surface area contributed by atoms with Crippen LogP contribution >= 0.6 is 0 Å². The Hall–Kier alpha value is -0.970. The minimum atomic E-state index is -0.639. The van der Waals surface area contributed by atoms with E-state index in [1.165, 1.54) is 31.4 Å². The van der Waals surface area contributed by atoms with Gasteiger partial charge in [0, 0.05) is 24.7 Å². The predicted octanol–water partition coefficient (Wildman–Crippen LogP) is 2.46. The van der Waals surface area contributed by atoms with Gasteiger partial charge in [-0.1, -0.05) is 18.6 Å². The molecule has 2 bridgehead atoms. The Morgan fingerprint density at radius 1 is 1.33 bits per heavy atom. The van der Waals surface area contributed by atoms with Gasteiger partial charge in [-0.05, 0) is 50.4 Å². The molecule has 3 rings (SSSR count). The maximum atomic E-state index is 13.2. The molecule has 3 unspecified atom stereocenters. The number of halogens is 1. The standard InChI is InChI=1S/C17H25FN2O/c1-20-15-6-3-7-16(20)10-14(9-15)19-11-17(21)12-4-2-5-13(18)8-12/h2,4-5,8,14-17,19,21H,3,6-7,9-11H2,1H3. The number of aliphatic hydroxyl groups is 1. The summed E-state index contributed by atoms with van der Waals surface area (Å²) in [6.07, 6.45) is 5.60. The van der Waals surface area contributed by atoms with Crippen LogP contribution in [0.2, 0.25) is 0 Å². The average Bonchev–Trinajstić information content (AvgIpc) is 2.45. The highest BCUT2D eigenvalue weighted by Crippen LogP contribution is 2.32. The molecule has 0 spiro atoms. The van der Waals surface area contributed by atoms with Crippen molar-refractivity contribution < 1.29 is 9.50 Å². The first-order valence-corrected chi connectivity index (χ1v) is 8.02. The highest BCUT2D eigenvalue weighted by atomic mass is 19.1. The molecule has 0 aromatic heterocycles. The van der Waals surface area contributed by atoms with E-state index in [0.29, 0.717) is 30.2 Å². The van der Waals surface area contributed by atoms with Crippen molar-refractivity contribution in [3.63, 3.8) is 0 Å². The number of piperidine rings is 2. The maximum Gasteiger partial charge on any atom is 0.123 e. The van der Waals surface area contributed by atoms with Crippen LogP contribution in [0.3, 0.4) is 0 Å². The molecule has 2 aliphatic heterocycles. The Labute approximate surface area is 126 Å². The van der Waals surface area contributed by atoms with Crippen molar-refractivity contribution in [3.05, 3.63) is 35.6 Å². The number of rotatable bonds is 4. The molecule has 21 heavy (non-hydrogen) atoms. The third-order valence-electron chi connectivity index (χ3n) is 5.17. The molecule has 0 saturated carbocycles. The van der Waals surface area contributed by atoms with Gasteiger partial charge >= 0.3 is 0 Å². The quantitative estimate of drug-likeness (QED) is 0.895. The van der Waals surface area contributed by atoms with E-state index < -0.39 is 6.10 Å². The van der Waals surface area contributed by atoms with Gasteiger partial charge in [0.15, 0.2) is 0 Å². The van der Waals surface area contributed by atoms with Crippen molar-refractivity contribution in [1.82, 2.24) is 10.2 Å². The predicted molar refractivity (Wildman–Crippen MR) is 81.6 cm³/mol. The summed E-state index contributed by atoms with van der Waals surface area (Å²) in [7, 11) is 2.24. The molecule has 1 aromatic carbocycles. The van der Waals surface area contributed by atoms with E-state index in [1.54, 1.807) is 12.1 Å². The van der Waals surface area contributed by atoms with Crippen molar-refractivity contribution in [2.75, 3.05) is 13.6 Å². The Morgan fingerprint density at radius 3 is 2.71 bits per heavy atom. The fourth-order valence-electron chi connectivity index (χ4n) is 3.89. The van der Waals surface area contributed by atoms with Gasteiger partial charge in [-0.2, -0.15) is 0 Å². The molecule has 0 amide bonds. The molecule has 2 saturated heterocycles. The zero-order valence-corrected chi connectivity index (χ0v) is 12.6. The van der Waals surface area contributed by atoms with Crippen LogP contribution < -0.4 is 5.32 Å². The summed E-state index contributed by atoms with van der Waals surface area (Å²) in [4.78, 5) is 2.53. The number of hydrogen-bond donors (Lipinski definition) is 2. The topological polar surface area (TPSA) is 35.5 Å². The lowest BCUT2D eigenvalue weighted by Crippen LogP contribution is -2.54. The van der Waals surface area contributed by atoms with Crippen LogP contribution in [0, 0.1) is 5.82 Å². The van der Waals surface area contributed by atoms with Crippen LogP contribution in [0.15, 0.2) is 24.3 Å². The van der Waals surface area contributed by atoms with E-state index in [2.05, 4.69) is 17.3 Å². The van der Waals surface area contributed by atoms with Crippen molar-refractivity contribution >= 4 is 0 Å². The summed E-state index contributed by atoms with van der Waals surface area (Å²) in [5.74, 6) is -0.291. The number of hydrogen-bond acceptors (Lipinski definition) is 3. The second-order valence-corrected chi connectivity index (χ2v) is 6.55. The molecule has 2 heterocycles. The van der Waals surface area contributed by atoms with Crippen molar-refractivity contribution in [2.24, 2.45) is 0 Å². The Bertz CT molecular complexity index is 468. The molecule has 2 N–H and O–H groups in total. The Balaban J connectivity index is 1.53. The second kappa shape index (κ2) is 6.42. The lowest BCUT2D eigenvalue weighted by molar-refractivity contribution is 0.0446. The average molecular weight is 292 g/mol. The number of fused-ring (bicyclic) bond motifs is 2. The number of benzene rings is 1. The summed E-state index contributed by atoms with van der Waals surface area (Å²) in [5, 5.41) is 13.7. The summed E-state index contributed by atoms with van der Waals surface area (Å²) in [6, 6.07) is 8.08. The highest BCUT2D eigenvalue weighted by molar-refractivity contribution is 5.19. The first-order valence-electron chi connectivity index (χ1n) is 8.02. The Kier molecular flexibility index (Phi) is 4.57. The van der Waals surface area contributed by atoms with Gasteiger partial charge in [-0.15, -0.1) is 0 Å². The summed E-state index contributed by atoms with van der Waals surface area (Å²) >= 11 is 0. The fourth-order valence-corrected chi connectivity index (χ4v) is 3.89. The van der Waals surface area contributed by atoms with Crippen LogP contribution in [-0.4, -0.2) is 41.7 Å². The third kappa shape index (κ3) is 3.44. The van der Waals surface area contributed by atoms with E-state index >= 15 is 0 Å². The first-order chi connectivity index (χ1) is 10.1. The number of nitrogens with one attached hydrogen (secondary N) is 1. The van der Waals surface area contributed by atoms with Crippen LogP contribution in [0.4, 0.5) is 4.39 Å². The summed E-state index contributed by atoms with van der Waals surface area (Å²) in [5.41, 5.74) is 0.649. The van der Waals surface area contributed by atoms with Crippen LogP contribution in [0.5, 0.6) is 0 Å². The molecular formula is C17H25FN2O. The molecule has 116 valence electrons. The van der Waals surface area contributed by atoms with Gasteiger partial charge in [-0.3, -0.25) is 0 Å². The van der Waals surface area contributed by atoms with Crippen LogP contribution in [0.25, 0.3) is 0 Å². The van der Waals surface area contributed by atoms with E-state index in [4.69, 9.17) is 0 Å². The zero-order valence-electron chi connectivity index (χ0n) is 12.6. The zero-order chi connectivity index (χ0) is 14.8. The van der Waals surface area contributed by atoms with Gasteiger partial charge < -0.3 is 15.3 Å². The highest BCUT2D eigenvalue weighted by Gasteiger charge is 2.35. The summed E-state index contributed by atoms with van der Waals surface area (Å²) in [6.45, 7) is 0.497. The van der Waals surface area contributed by atoms with Crippen molar-refractivity contribution in [3.8, 4) is 0 Å². The minimum absolute atomic E-state index is 0.291. The minimum Gasteiger partial charge on any atom is -0.387 e. The number of aliphatic hydroxyl groups excluding tert-OH is 1. The molecule has 2 aliphatic rings. The lowest BCUT2D eigenvalue weighted by Gasteiger charge is -2.47. The van der Waals surface area contributed by atoms with Gasteiger partial charge in [0.05, 0.1) is 6.10 Å². The summed E-state index contributed by atoms with van der Waals surface area (Å²) < 4.78 is 13.2. The largest absolute Gasteiger partial charge is 0.387 e. The van der Waals surface area contributed by atoms with Crippen LogP contribution in [-0.2, 0) is 0 Å². The lowest BCUT2D eigenvalue weighted by atomic mass is 9.82. The SMILES string of the molecule is CN1C2CCCC1CC(NCC(O)c1cccc(F)c1)C2. The van der Waals surface area contributed by atoms with Gasteiger partial charge in [0.2, 0.25) is 0 Å². The van der Waals surface area contributed by atoms with Crippen LogP contribution in [0.1, 0.15) is 43.8 Å². The molecule has 4 heteroatoms. The molecule has 0 radical (unpaired) electrons. The van der Waals surface area contributed by atoms with E-state index in [1.807, 2.05) is 0 Å². The molecule has 3 nitrogen and oxygen atoms in total. The molecular weight excluding hydrogens is 267 g/mol. The molecule has 1 aromatic rings. The van der Waals surface area contributed by atoms with Crippen molar-refractivity contribution in [1.29, 1.82) is 0 Å². The fraction of sp³-hybridized carbons (Fsp3) is 0.647. The van der Waals surface area contributed by atoms with E-state index in [-0.39, 0.29) is 5.82 Å². The van der Waals surface area contributed by atoms with E-state index in [9.17, 15) is 9.50 Å². The second-order valence-electron chi connectivity index (χ2n) is 6.55. The third-order valence-corrected chi connectivity index (χ3v) is 5.17. The Morgan fingerprint density at radius 2 is 2.05 bits per heavy atom. The molecule has 3 atom stereocenters. The van der Waals surface area contributed by atoms with Gasteiger partial charge in [-0.25, -0.2) is 4.39 Å². The first kappa shape index (κ1) is 14.9. The number of nitrogens with zero attached hydrogens (tertiary/aromatic N) is 1. The van der Waals surface area contributed by atoms with E-state index in [0.717, 1.165) is 12.8 Å². The van der Waals surface area contributed by atoms with Gasteiger partial charge in [0.1, 0.15) is 5.82 Å². The maximum absolute atomic E-state index is 13.2. The molecule has 2 fully saturated rings. The normalized spacial score (nSPS) is 31.1. The van der Waals surface area contributed by atoms with Gasteiger partial charge in [0.25, 0.3) is 0 Å². The van der Waals surface area contributed by atoms with Crippen molar-refractivity contribution in [2.45, 2.75) is 56.3 Å². The smallest absolute Gasteiger partial charge is 0.123 e. The molecule has 0 aliphatic carbocycles. The monoisotopic (exact) mass is 292 g/mol.